The SMILES string of the molecule is CCC.[B]C(O)(OC(=O)CN)C1CCC(n2cc(Cl)c(=S)[nH]c2=O)O1. The van der Waals surface area contributed by atoms with Crippen molar-refractivity contribution in [2.24, 2.45) is 5.73 Å². The smallest absolute Gasteiger partial charge is 0.328 e. The molecule has 0 aromatic carbocycles. The predicted octanol–water partition coefficient (Wildman–Crippen LogP) is 0.970. The number of rotatable bonds is 4. The summed E-state index contributed by atoms with van der Waals surface area (Å²) in [6.45, 7) is 3.82. The maximum atomic E-state index is 11.9. The van der Waals surface area contributed by atoms with Gasteiger partial charge >= 0.3 is 11.7 Å². The lowest BCUT2D eigenvalue weighted by Crippen LogP contribution is -2.48. The van der Waals surface area contributed by atoms with Crippen molar-refractivity contribution in [1.29, 1.82) is 0 Å². The monoisotopic (exact) mass is 389 g/mol. The molecule has 1 aliphatic heterocycles. The molecule has 0 spiro atoms. The van der Waals surface area contributed by atoms with Crippen LogP contribution in [0.4, 0.5) is 0 Å². The number of ether oxygens (including phenoxy) is 2. The van der Waals surface area contributed by atoms with E-state index in [0.717, 1.165) is 0 Å². The third-order valence-corrected chi connectivity index (χ3v) is 3.86. The van der Waals surface area contributed by atoms with Gasteiger partial charge in [-0.05, 0) is 12.8 Å². The molecule has 2 heterocycles. The lowest BCUT2D eigenvalue weighted by Gasteiger charge is -2.30. The van der Waals surface area contributed by atoms with E-state index >= 15 is 0 Å². The maximum Gasteiger partial charge on any atom is 0.328 e. The highest BCUT2D eigenvalue weighted by Gasteiger charge is 2.42. The highest BCUT2D eigenvalue weighted by molar-refractivity contribution is 7.71. The minimum Gasteiger partial charge on any atom is -0.440 e. The molecule has 0 amide bonds. The van der Waals surface area contributed by atoms with Gasteiger partial charge in [0.05, 0.1) is 11.6 Å². The van der Waals surface area contributed by atoms with E-state index in [0.29, 0.717) is 6.42 Å². The number of hydrogen-bond donors (Lipinski definition) is 3. The van der Waals surface area contributed by atoms with Crippen LogP contribution in [0.1, 0.15) is 39.3 Å². The Kier molecular flexibility index (Phi) is 8.29. The molecule has 3 unspecified atom stereocenters. The third-order valence-electron chi connectivity index (χ3n) is 3.14. The normalized spacial score (nSPS) is 21.8. The van der Waals surface area contributed by atoms with Gasteiger partial charge in [0.25, 0.3) is 0 Å². The number of aromatic nitrogens is 2. The second kappa shape index (κ2) is 9.49. The Morgan fingerprint density at radius 2 is 2.24 bits per heavy atom. The standard InChI is InChI=1S/C11H13BClN3O5S.C3H8/c12-11(19,21-8(17)3-14)6-1-2-7(20-6)16-4-5(13)9(22)15-10(16)18;1-3-2/h4,6-7,19H,1-3,14H2,(H,15,18,22);3H2,1-2H3. The Morgan fingerprint density at radius 1 is 1.64 bits per heavy atom. The first-order chi connectivity index (χ1) is 11.7. The van der Waals surface area contributed by atoms with Crippen LogP contribution in [0.5, 0.6) is 0 Å². The van der Waals surface area contributed by atoms with Gasteiger partial charge in [-0.25, -0.2) is 4.79 Å². The minimum absolute atomic E-state index is 0.115. The topological polar surface area (TPSA) is 120 Å². The number of hydrogen-bond acceptors (Lipinski definition) is 7. The molecule has 3 atom stereocenters. The molecule has 11 heteroatoms. The molecule has 0 bridgehead atoms. The van der Waals surface area contributed by atoms with E-state index in [-0.39, 0.29) is 16.1 Å². The van der Waals surface area contributed by atoms with E-state index in [4.69, 9.17) is 42.1 Å². The fourth-order valence-corrected chi connectivity index (χ4v) is 2.39. The summed E-state index contributed by atoms with van der Waals surface area (Å²) >= 11 is 10.7. The zero-order chi connectivity index (χ0) is 19.2. The first-order valence-corrected chi connectivity index (χ1v) is 8.54. The summed E-state index contributed by atoms with van der Waals surface area (Å²) in [6.07, 6.45) is 1.45. The molecule has 1 saturated heterocycles. The van der Waals surface area contributed by atoms with Crippen molar-refractivity contribution in [3.05, 3.63) is 26.3 Å². The minimum atomic E-state index is -2.33. The molecule has 0 aliphatic carbocycles. The van der Waals surface area contributed by atoms with Crippen molar-refractivity contribution >= 4 is 37.6 Å². The summed E-state index contributed by atoms with van der Waals surface area (Å²) in [7, 11) is 5.52. The van der Waals surface area contributed by atoms with Crippen LogP contribution in [0, 0.1) is 4.64 Å². The van der Waals surface area contributed by atoms with Gasteiger partial charge in [0.15, 0.2) is 13.5 Å². The first-order valence-electron chi connectivity index (χ1n) is 7.75. The van der Waals surface area contributed by atoms with Crippen molar-refractivity contribution in [2.75, 3.05) is 6.54 Å². The first kappa shape index (κ1) is 21.8. The Balaban J connectivity index is 0.000000970. The van der Waals surface area contributed by atoms with Crippen molar-refractivity contribution in [1.82, 2.24) is 9.55 Å². The molecule has 25 heavy (non-hydrogen) atoms. The van der Waals surface area contributed by atoms with Gasteiger partial charge in [-0.1, -0.05) is 44.1 Å². The molecular formula is C14H21BClN3O5S. The Morgan fingerprint density at radius 3 is 2.80 bits per heavy atom. The van der Waals surface area contributed by atoms with E-state index in [1.165, 1.54) is 17.2 Å². The molecule has 2 rings (SSSR count). The molecule has 4 N–H and O–H groups in total. The third kappa shape index (κ3) is 5.93. The highest BCUT2D eigenvalue weighted by Crippen LogP contribution is 2.33. The van der Waals surface area contributed by atoms with E-state index in [9.17, 15) is 14.7 Å². The van der Waals surface area contributed by atoms with Crippen LogP contribution >= 0.6 is 23.8 Å². The lowest BCUT2D eigenvalue weighted by molar-refractivity contribution is -0.214. The molecule has 1 aromatic rings. The van der Waals surface area contributed by atoms with E-state index in [1.807, 2.05) is 0 Å². The maximum absolute atomic E-state index is 11.9. The fourth-order valence-electron chi connectivity index (χ4n) is 2.09. The number of nitrogens with one attached hydrogen (secondary N) is 1. The van der Waals surface area contributed by atoms with E-state index in [1.54, 1.807) is 0 Å². The number of H-pyrrole nitrogens is 1. The van der Waals surface area contributed by atoms with Crippen LogP contribution in [0.2, 0.25) is 5.02 Å². The average molecular weight is 390 g/mol. The molecule has 1 fully saturated rings. The van der Waals surface area contributed by atoms with Crippen LogP contribution < -0.4 is 11.4 Å². The number of nitrogens with zero attached hydrogens (tertiary/aromatic N) is 1. The van der Waals surface area contributed by atoms with Crippen LogP contribution in [0.3, 0.4) is 0 Å². The molecule has 0 saturated carbocycles. The number of esters is 1. The second-order valence-electron chi connectivity index (χ2n) is 5.44. The molecule has 1 aliphatic rings. The number of aliphatic hydroxyl groups is 1. The summed E-state index contributed by atoms with van der Waals surface area (Å²) in [5.74, 6) is -0.874. The zero-order valence-electron chi connectivity index (χ0n) is 14.0. The summed E-state index contributed by atoms with van der Waals surface area (Å²) in [5, 5.41) is 10.1. The number of carbonyl (C=O) groups excluding carboxylic acids is 1. The largest absolute Gasteiger partial charge is 0.440 e. The Hall–Kier alpha value is -1.20. The molecule has 8 nitrogen and oxygen atoms in total. The second-order valence-corrected chi connectivity index (χ2v) is 6.25. The van der Waals surface area contributed by atoms with Gasteiger partial charge in [-0.15, -0.1) is 0 Å². The number of nitrogens with two attached hydrogens (primary N) is 1. The number of carbonyl (C=O) groups is 1. The molecular weight excluding hydrogens is 369 g/mol. The predicted molar refractivity (Wildman–Crippen MR) is 95.9 cm³/mol. The quantitative estimate of drug-likeness (QED) is 0.304. The summed E-state index contributed by atoms with van der Waals surface area (Å²) < 4.78 is 11.4. The van der Waals surface area contributed by atoms with Gasteiger partial charge in [-0.3, -0.25) is 14.3 Å². The average Bonchev–Trinajstić information content (AvgIpc) is 3.01. The van der Waals surface area contributed by atoms with Crippen molar-refractivity contribution in [3.63, 3.8) is 0 Å². The summed E-state index contributed by atoms with van der Waals surface area (Å²) in [5.41, 5.74) is 2.24. The van der Waals surface area contributed by atoms with Crippen LogP contribution in [0.25, 0.3) is 0 Å². The van der Waals surface area contributed by atoms with Gasteiger partial charge in [0, 0.05) is 6.20 Å². The van der Waals surface area contributed by atoms with Crippen molar-refractivity contribution in [3.8, 4) is 0 Å². The Bertz CT molecular complexity index is 708. The highest BCUT2D eigenvalue weighted by atomic mass is 35.5. The van der Waals surface area contributed by atoms with Crippen LogP contribution in [-0.4, -0.2) is 46.8 Å². The van der Waals surface area contributed by atoms with E-state index < -0.39 is 36.2 Å². The summed E-state index contributed by atoms with van der Waals surface area (Å²) in [4.78, 5) is 25.4. The van der Waals surface area contributed by atoms with Gasteiger partial charge in [0.1, 0.15) is 17.0 Å². The van der Waals surface area contributed by atoms with Gasteiger partial charge in [-0.2, -0.15) is 0 Å². The molecule has 1 aromatic heterocycles. The number of halogens is 1. The molecule has 138 valence electrons. The number of aromatic amines is 1. The van der Waals surface area contributed by atoms with E-state index in [2.05, 4.69) is 23.6 Å². The van der Waals surface area contributed by atoms with Crippen LogP contribution in [0.15, 0.2) is 11.0 Å². The lowest BCUT2D eigenvalue weighted by atomic mass is 9.87. The zero-order valence-corrected chi connectivity index (χ0v) is 15.6. The fraction of sp³-hybridized carbons (Fsp3) is 0.643. The van der Waals surface area contributed by atoms with Gasteiger partial charge in [0.2, 0.25) is 0 Å². The Labute approximate surface area is 156 Å². The molecule has 2 radical (unpaired) electrons. The summed E-state index contributed by atoms with van der Waals surface area (Å²) in [6, 6.07) is 0. The van der Waals surface area contributed by atoms with Crippen molar-refractivity contribution < 1.29 is 19.4 Å². The van der Waals surface area contributed by atoms with Crippen LogP contribution in [-0.2, 0) is 14.3 Å². The van der Waals surface area contributed by atoms with Crippen molar-refractivity contribution in [2.45, 2.75) is 51.1 Å². The van der Waals surface area contributed by atoms with Gasteiger partial charge < -0.3 is 20.3 Å².